The van der Waals surface area contributed by atoms with Crippen molar-refractivity contribution in [3.05, 3.63) is 108 Å². The van der Waals surface area contributed by atoms with Gasteiger partial charge in [0.1, 0.15) is 5.82 Å². The van der Waals surface area contributed by atoms with Crippen LogP contribution in [0.5, 0.6) is 0 Å². The first-order valence-corrected chi connectivity index (χ1v) is 12.2. The number of hydrogen-bond acceptors (Lipinski definition) is 0. The second-order valence-electron chi connectivity index (χ2n) is 8.93. The fourth-order valence-corrected chi connectivity index (χ4v) is 4.43. The van der Waals surface area contributed by atoms with Crippen LogP contribution in [0.3, 0.4) is 0 Å². The minimum atomic E-state index is -0.186. The van der Waals surface area contributed by atoms with Gasteiger partial charge in [-0.15, -0.1) is 6.58 Å². The molecular weight excluding hydrogens is 403 g/mol. The zero-order chi connectivity index (χ0) is 23.0. The molecule has 33 heavy (non-hydrogen) atoms. The maximum absolute atomic E-state index is 15.1. The molecule has 4 rings (SSSR count). The summed E-state index contributed by atoms with van der Waals surface area (Å²) in [6.07, 6.45) is 10.1. The maximum atomic E-state index is 15.1. The lowest BCUT2D eigenvalue weighted by molar-refractivity contribution is 0.632. The van der Waals surface area contributed by atoms with Crippen LogP contribution in [0.25, 0.3) is 33.0 Å². The van der Waals surface area contributed by atoms with Crippen molar-refractivity contribution < 1.29 is 4.39 Å². The Morgan fingerprint density at radius 3 is 2.09 bits per heavy atom. The van der Waals surface area contributed by atoms with Gasteiger partial charge >= 0.3 is 0 Å². The average molecular weight is 437 g/mol. The lowest BCUT2D eigenvalue weighted by Crippen LogP contribution is -1.89. The van der Waals surface area contributed by atoms with Crippen LogP contribution < -0.4 is 0 Å². The van der Waals surface area contributed by atoms with E-state index in [9.17, 15) is 0 Å². The summed E-state index contributed by atoms with van der Waals surface area (Å²) < 4.78 is 15.1. The highest BCUT2D eigenvalue weighted by atomic mass is 19.1. The van der Waals surface area contributed by atoms with E-state index in [1.807, 2.05) is 30.3 Å². The summed E-state index contributed by atoms with van der Waals surface area (Å²) in [5.74, 6) is -0.186. The van der Waals surface area contributed by atoms with E-state index in [-0.39, 0.29) is 5.82 Å². The number of hydrogen-bond donors (Lipinski definition) is 0. The van der Waals surface area contributed by atoms with Crippen LogP contribution in [0.15, 0.2) is 91.5 Å². The molecule has 0 unspecified atom stereocenters. The van der Waals surface area contributed by atoms with Crippen molar-refractivity contribution in [1.29, 1.82) is 0 Å². The summed E-state index contributed by atoms with van der Waals surface area (Å²) in [7, 11) is 0. The molecule has 0 amide bonds. The van der Waals surface area contributed by atoms with Crippen molar-refractivity contribution >= 4 is 10.8 Å². The fraction of sp³-hybridized carbons (Fsp3) is 0.250. The van der Waals surface area contributed by atoms with Crippen molar-refractivity contribution in [3.63, 3.8) is 0 Å². The summed E-state index contributed by atoms with van der Waals surface area (Å²) in [6.45, 7) is 6.02. The first-order valence-electron chi connectivity index (χ1n) is 12.2. The van der Waals surface area contributed by atoms with Crippen molar-refractivity contribution in [2.45, 2.75) is 51.9 Å². The normalized spacial score (nSPS) is 11.1. The van der Waals surface area contributed by atoms with Crippen LogP contribution in [0.2, 0.25) is 0 Å². The second kappa shape index (κ2) is 11.1. The zero-order valence-corrected chi connectivity index (χ0v) is 19.6. The van der Waals surface area contributed by atoms with Crippen molar-refractivity contribution in [3.8, 4) is 22.3 Å². The highest BCUT2D eigenvalue weighted by molar-refractivity contribution is 5.88. The Labute approximate surface area is 197 Å². The van der Waals surface area contributed by atoms with E-state index < -0.39 is 0 Å². The summed E-state index contributed by atoms with van der Waals surface area (Å²) in [6, 6.07) is 26.9. The van der Waals surface area contributed by atoms with Crippen molar-refractivity contribution in [2.75, 3.05) is 0 Å². The van der Waals surface area contributed by atoms with Crippen LogP contribution in [-0.4, -0.2) is 0 Å². The van der Waals surface area contributed by atoms with Crippen molar-refractivity contribution in [2.24, 2.45) is 0 Å². The third kappa shape index (κ3) is 5.79. The maximum Gasteiger partial charge on any atom is 0.131 e. The average Bonchev–Trinajstić information content (AvgIpc) is 2.85. The van der Waals surface area contributed by atoms with Gasteiger partial charge in [-0.25, -0.2) is 4.39 Å². The minimum absolute atomic E-state index is 0.186. The topological polar surface area (TPSA) is 0 Å². The SMILES string of the molecule is C=CCCc1ccc(-c2ccc(-c3ccc4cc(CCCCCC)ccc4c3)cc2F)cc1. The molecular formula is C32H33F. The molecule has 0 fully saturated rings. The van der Waals surface area contributed by atoms with Gasteiger partial charge in [0.25, 0.3) is 0 Å². The third-order valence-corrected chi connectivity index (χ3v) is 6.43. The van der Waals surface area contributed by atoms with Crippen molar-refractivity contribution in [1.82, 2.24) is 0 Å². The number of unbranched alkanes of at least 4 members (excludes halogenated alkanes) is 3. The molecule has 0 saturated carbocycles. The Morgan fingerprint density at radius 2 is 1.33 bits per heavy atom. The highest BCUT2D eigenvalue weighted by Crippen LogP contribution is 2.30. The lowest BCUT2D eigenvalue weighted by Gasteiger charge is -2.10. The molecule has 1 heteroatoms. The predicted molar refractivity (Wildman–Crippen MR) is 141 cm³/mol. The van der Waals surface area contributed by atoms with Gasteiger partial charge in [-0.2, -0.15) is 0 Å². The molecule has 4 aromatic carbocycles. The summed E-state index contributed by atoms with van der Waals surface area (Å²) in [4.78, 5) is 0. The third-order valence-electron chi connectivity index (χ3n) is 6.43. The van der Waals surface area contributed by atoms with E-state index in [1.165, 1.54) is 47.6 Å². The first kappa shape index (κ1) is 23.0. The van der Waals surface area contributed by atoms with Gasteiger partial charge in [0.15, 0.2) is 0 Å². The van der Waals surface area contributed by atoms with Gasteiger partial charge in [-0.05, 0) is 76.4 Å². The molecule has 0 nitrogen and oxygen atoms in total. The Morgan fingerprint density at radius 1 is 0.667 bits per heavy atom. The van der Waals surface area contributed by atoms with Gasteiger partial charge in [0.05, 0.1) is 0 Å². The molecule has 0 spiro atoms. The van der Waals surface area contributed by atoms with Gasteiger partial charge in [0, 0.05) is 5.56 Å². The second-order valence-corrected chi connectivity index (χ2v) is 8.93. The molecule has 0 aliphatic heterocycles. The lowest BCUT2D eigenvalue weighted by atomic mass is 9.96. The first-order chi connectivity index (χ1) is 16.2. The molecule has 0 aliphatic carbocycles. The summed E-state index contributed by atoms with van der Waals surface area (Å²) in [5.41, 5.74) is 6.15. The van der Waals surface area contributed by atoms with E-state index >= 15 is 4.39 Å². The zero-order valence-electron chi connectivity index (χ0n) is 19.6. The smallest absolute Gasteiger partial charge is 0.131 e. The molecule has 0 radical (unpaired) electrons. The molecule has 168 valence electrons. The predicted octanol–water partition coefficient (Wildman–Crippen LogP) is 9.55. The van der Waals surface area contributed by atoms with E-state index in [2.05, 4.69) is 62.0 Å². The summed E-state index contributed by atoms with van der Waals surface area (Å²) in [5, 5.41) is 2.45. The number of rotatable bonds is 10. The van der Waals surface area contributed by atoms with Gasteiger partial charge in [-0.1, -0.05) is 99.0 Å². The van der Waals surface area contributed by atoms with Crippen LogP contribution in [0, 0.1) is 5.82 Å². The number of halogens is 1. The molecule has 0 aromatic heterocycles. The van der Waals surface area contributed by atoms with E-state index in [4.69, 9.17) is 0 Å². The number of benzene rings is 4. The summed E-state index contributed by atoms with van der Waals surface area (Å²) >= 11 is 0. The molecule has 0 heterocycles. The Balaban J connectivity index is 1.52. The molecule has 4 aromatic rings. The highest BCUT2D eigenvalue weighted by Gasteiger charge is 2.09. The Kier molecular flexibility index (Phi) is 7.73. The van der Waals surface area contributed by atoms with Gasteiger partial charge < -0.3 is 0 Å². The van der Waals surface area contributed by atoms with E-state index in [0.717, 1.165) is 36.0 Å². The van der Waals surface area contributed by atoms with Crippen LogP contribution in [-0.2, 0) is 12.8 Å². The number of allylic oxidation sites excluding steroid dienone is 1. The fourth-order valence-electron chi connectivity index (χ4n) is 4.43. The number of fused-ring (bicyclic) bond motifs is 1. The van der Waals surface area contributed by atoms with Crippen LogP contribution in [0.4, 0.5) is 4.39 Å². The minimum Gasteiger partial charge on any atom is -0.206 e. The molecule has 0 bridgehead atoms. The molecule has 0 atom stereocenters. The number of aryl methyl sites for hydroxylation is 2. The Hall–Kier alpha value is -3.19. The molecule has 0 N–H and O–H groups in total. The van der Waals surface area contributed by atoms with Gasteiger partial charge in [-0.3, -0.25) is 0 Å². The van der Waals surface area contributed by atoms with E-state index in [0.29, 0.717) is 5.56 Å². The molecule has 0 aliphatic rings. The van der Waals surface area contributed by atoms with Gasteiger partial charge in [0.2, 0.25) is 0 Å². The largest absolute Gasteiger partial charge is 0.206 e. The van der Waals surface area contributed by atoms with Crippen LogP contribution >= 0.6 is 0 Å². The monoisotopic (exact) mass is 436 g/mol. The standard InChI is InChI=1S/C32H33F/c1-3-5-7-8-10-25-13-16-28-22-29(18-17-27(28)21-25)30-19-20-31(32(33)23-30)26-14-11-24(12-15-26)9-6-4-2/h4,11-23H,2-3,5-10H2,1H3. The quantitative estimate of drug-likeness (QED) is 0.171. The van der Waals surface area contributed by atoms with E-state index in [1.54, 1.807) is 6.07 Å². The molecule has 0 saturated heterocycles. The van der Waals surface area contributed by atoms with Crippen LogP contribution in [0.1, 0.15) is 50.2 Å². The Bertz CT molecular complexity index is 1220.